The summed E-state index contributed by atoms with van der Waals surface area (Å²) in [6.07, 6.45) is 2.56. The lowest BCUT2D eigenvalue weighted by atomic mass is 10.0. The van der Waals surface area contributed by atoms with Gasteiger partial charge in [-0.3, -0.25) is 0 Å². The summed E-state index contributed by atoms with van der Waals surface area (Å²) in [5.41, 5.74) is 3.35. The number of aliphatic hydroxyl groups is 1. The molecule has 3 aromatic rings. The van der Waals surface area contributed by atoms with E-state index in [-0.39, 0.29) is 42.0 Å². The minimum Gasteiger partial charge on any atom is -0.446 e. The van der Waals surface area contributed by atoms with Crippen molar-refractivity contribution in [3.63, 3.8) is 0 Å². The topological polar surface area (TPSA) is 118 Å². The lowest BCUT2D eigenvalue weighted by Gasteiger charge is -2.32. The zero-order valence-electron chi connectivity index (χ0n) is 24.2. The third-order valence-electron chi connectivity index (χ3n) is 8.75. The van der Waals surface area contributed by atoms with Gasteiger partial charge in [0.15, 0.2) is 0 Å². The summed E-state index contributed by atoms with van der Waals surface area (Å²) in [6, 6.07) is 13.7. The number of aromatic nitrogens is 1. The van der Waals surface area contributed by atoms with Crippen LogP contribution in [0.15, 0.2) is 58.9 Å². The fraction of sp³-hybridized carbons (Fsp3) is 0.548. The van der Waals surface area contributed by atoms with Crippen LogP contribution in [-0.4, -0.2) is 73.0 Å². The molecule has 2 heterocycles. The van der Waals surface area contributed by atoms with Gasteiger partial charge in [-0.25, -0.2) is 18.2 Å². The van der Waals surface area contributed by atoms with Crippen molar-refractivity contribution in [2.75, 3.05) is 19.7 Å². The smallest absolute Gasteiger partial charge is 0.407 e. The Balaban J connectivity index is 1.36. The van der Waals surface area contributed by atoms with Gasteiger partial charge >= 0.3 is 6.09 Å². The molecule has 1 aromatic heterocycles. The first-order chi connectivity index (χ1) is 20.3. The third-order valence-corrected chi connectivity index (χ3v) is 11.4. The molecule has 2 aromatic carbocycles. The normalized spacial score (nSPS) is 22.0. The van der Waals surface area contributed by atoms with Crippen LogP contribution in [0.2, 0.25) is 0 Å². The van der Waals surface area contributed by atoms with Gasteiger partial charge in [-0.05, 0) is 55.4 Å². The number of ether oxygens (including phenoxy) is 2. The Kier molecular flexibility index (Phi) is 10.2. The third kappa shape index (κ3) is 7.14. The van der Waals surface area contributed by atoms with Crippen molar-refractivity contribution < 1.29 is 27.8 Å². The number of fused-ring (bicyclic) bond motifs is 2. The number of nitrogens with one attached hydrogen (secondary N) is 1. The molecule has 0 bridgehead atoms. The van der Waals surface area contributed by atoms with E-state index in [0.29, 0.717) is 13.0 Å². The molecule has 1 amide bonds. The summed E-state index contributed by atoms with van der Waals surface area (Å²) >= 11 is 1.38. The number of carbonyl (C=O) groups excluding carboxylic acids is 1. The van der Waals surface area contributed by atoms with Crippen LogP contribution in [0.3, 0.4) is 0 Å². The molecule has 1 aliphatic heterocycles. The van der Waals surface area contributed by atoms with Crippen molar-refractivity contribution in [1.29, 1.82) is 0 Å². The lowest BCUT2D eigenvalue weighted by molar-refractivity contribution is 0.0495. The van der Waals surface area contributed by atoms with E-state index in [0.717, 1.165) is 47.9 Å². The van der Waals surface area contributed by atoms with E-state index in [4.69, 9.17) is 9.47 Å². The Morgan fingerprint density at radius 2 is 1.93 bits per heavy atom. The Morgan fingerprint density at radius 1 is 1.14 bits per heavy atom. The van der Waals surface area contributed by atoms with E-state index in [2.05, 4.69) is 10.3 Å². The highest BCUT2D eigenvalue weighted by molar-refractivity contribution is 7.89. The number of nitrogens with zero attached hydrogens (tertiary/aromatic N) is 2. The van der Waals surface area contributed by atoms with Crippen LogP contribution in [0.4, 0.5) is 4.79 Å². The highest BCUT2D eigenvalue weighted by Crippen LogP contribution is 2.38. The molecule has 1 saturated carbocycles. The number of hydrogen-bond donors (Lipinski definition) is 2. The molecule has 5 rings (SSSR count). The minimum absolute atomic E-state index is 0.119. The Bertz CT molecular complexity index is 1430. The zero-order chi connectivity index (χ0) is 29.7. The largest absolute Gasteiger partial charge is 0.446 e. The van der Waals surface area contributed by atoms with E-state index < -0.39 is 28.3 Å². The van der Waals surface area contributed by atoms with Crippen LogP contribution in [-0.2, 0) is 25.9 Å². The van der Waals surface area contributed by atoms with Crippen molar-refractivity contribution >= 4 is 37.7 Å². The Morgan fingerprint density at radius 3 is 2.69 bits per heavy atom. The Labute approximate surface area is 252 Å². The van der Waals surface area contributed by atoms with Crippen LogP contribution >= 0.6 is 11.3 Å². The molecule has 0 radical (unpaired) electrons. The van der Waals surface area contributed by atoms with Gasteiger partial charge in [0.1, 0.15) is 6.10 Å². The number of aliphatic hydroxyl groups excluding tert-OH is 1. The maximum absolute atomic E-state index is 14.0. The number of rotatable bonds is 13. The molecular weight excluding hydrogens is 574 g/mol. The number of hydrogen-bond acceptors (Lipinski definition) is 8. The van der Waals surface area contributed by atoms with Crippen molar-refractivity contribution in [2.24, 2.45) is 11.8 Å². The second kappa shape index (κ2) is 13.8. The summed E-state index contributed by atoms with van der Waals surface area (Å²) in [6.45, 7) is 4.86. The number of thiazole rings is 1. The number of carbonyl (C=O) groups is 1. The van der Waals surface area contributed by atoms with Gasteiger partial charge in [0.25, 0.3) is 0 Å². The molecule has 9 nitrogen and oxygen atoms in total. The van der Waals surface area contributed by atoms with Gasteiger partial charge in [0.2, 0.25) is 10.0 Å². The van der Waals surface area contributed by atoms with Crippen LogP contribution < -0.4 is 5.32 Å². The molecule has 2 fully saturated rings. The minimum atomic E-state index is -3.95. The molecule has 0 unspecified atom stereocenters. The van der Waals surface area contributed by atoms with Crippen LogP contribution in [0.25, 0.3) is 10.2 Å². The maximum Gasteiger partial charge on any atom is 0.407 e. The molecule has 2 N–H and O–H groups in total. The van der Waals surface area contributed by atoms with Gasteiger partial charge in [-0.15, -0.1) is 11.3 Å². The van der Waals surface area contributed by atoms with Crippen molar-refractivity contribution in [3.8, 4) is 0 Å². The highest BCUT2D eigenvalue weighted by Gasteiger charge is 2.43. The van der Waals surface area contributed by atoms with E-state index in [1.54, 1.807) is 23.7 Å². The summed E-state index contributed by atoms with van der Waals surface area (Å²) in [5, 5.41) is 14.5. The molecule has 11 heteroatoms. The molecule has 1 saturated heterocycles. The maximum atomic E-state index is 14.0. The molecule has 42 heavy (non-hydrogen) atoms. The molecule has 2 aliphatic rings. The van der Waals surface area contributed by atoms with Crippen molar-refractivity contribution in [3.05, 3.63) is 59.6 Å². The van der Waals surface area contributed by atoms with Crippen LogP contribution in [0.5, 0.6) is 0 Å². The average molecular weight is 616 g/mol. The first-order valence-electron chi connectivity index (χ1n) is 14.9. The predicted molar refractivity (Wildman–Crippen MR) is 163 cm³/mol. The second-order valence-electron chi connectivity index (χ2n) is 11.4. The second-order valence-corrected chi connectivity index (χ2v) is 14.2. The van der Waals surface area contributed by atoms with Crippen molar-refractivity contribution in [2.45, 2.75) is 81.6 Å². The molecule has 0 spiro atoms. The van der Waals surface area contributed by atoms with Gasteiger partial charge in [-0.1, -0.05) is 57.0 Å². The summed E-state index contributed by atoms with van der Waals surface area (Å²) in [7, 11) is -3.95. The number of benzene rings is 2. The lowest BCUT2D eigenvalue weighted by Crippen LogP contribution is -2.51. The van der Waals surface area contributed by atoms with E-state index >= 15 is 0 Å². The summed E-state index contributed by atoms with van der Waals surface area (Å²) in [4.78, 5) is 17.6. The molecular formula is C31H41N3O6S2. The SMILES string of the molecule is CCC(CC)CN(C[C@@H](O)[C@H](Cc1ccccc1)NC(=O)O[C@H]1CC[C@H]2OCC[C@@H]12)S(=O)(=O)c1ccc2ncsc2c1. The molecule has 228 valence electrons. The van der Waals surface area contributed by atoms with E-state index in [1.165, 1.54) is 15.6 Å². The fourth-order valence-electron chi connectivity index (χ4n) is 6.14. The monoisotopic (exact) mass is 615 g/mol. The predicted octanol–water partition coefficient (Wildman–Crippen LogP) is 4.99. The highest BCUT2D eigenvalue weighted by atomic mass is 32.2. The van der Waals surface area contributed by atoms with E-state index in [1.807, 2.05) is 44.2 Å². The Hall–Kier alpha value is -2.57. The first-order valence-corrected chi connectivity index (χ1v) is 17.2. The van der Waals surface area contributed by atoms with Gasteiger partial charge in [0, 0.05) is 25.6 Å². The number of amides is 1. The first kappa shape index (κ1) is 30.9. The van der Waals surface area contributed by atoms with Crippen LogP contribution in [0.1, 0.15) is 51.5 Å². The quantitative estimate of drug-likeness (QED) is 0.278. The average Bonchev–Trinajstić information content (AvgIpc) is 3.74. The van der Waals surface area contributed by atoms with E-state index in [9.17, 15) is 18.3 Å². The van der Waals surface area contributed by atoms with Gasteiger partial charge in [-0.2, -0.15) is 4.31 Å². The summed E-state index contributed by atoms with van der Waals surface area (Å²) < 4.78 is 41.8. The zero-order valence-corrected chi connectivity index (χ0v) is 25.9. The standard InChI is InChI=1S/C31H41N3O6S2/c1-3-21(4-2)18-34(42(37,38)23-10-11-25-30(17-23)41-20-32-25)19-27(35)26(16-22-8-6-5-7-9-22)33-31(36)40-29-13-12-28-24(29)14-15-39-28/h5-11,17,20-21,24,26-29,35H,3-4,12-16,18-19H2,1-2H3,(H,33,36)/t24-,26+,27-,28-,29+/m1/s1. The van der Waals surface area contributed by atoms with Gasteiger partial charge in [0.05, 0.1) is 38.9 Å². The van der Waals surface area contributed by atoms with Crippen LogP contribution in [0, 0.1) is 11.8 Å². The number of alkyl carbamates (subject to hydrolysis) is 1. The number of sulfonamides is 1. The fourth-order valence-corrected chi connectivity index (χ4v) is 8.49. The summed E-state index contributed by atoms with van der Waals surface area (Å²) in [5.74, 6) is 0.318. The van der Waals surface area contributed by atoms with Gasteiger partial charge < -0.3 is 19.9 Å². The molecule has 1 aliphatic carbocycles. The molecule has 5 atom stereocenters. The van der Waals surface area contributed by atoms with Crippen molar-refractivity contribution in [1.82, 2.24) is 14.6 Å².